The number of halogens is 1. The largest absolute Gasteiger partial charge is 0.299 e. The minimum atomic E-state index is 0.314. The maximum Gasteiger partial charge on any atom is 0.136 e. The van der Waals surface area contributed by atoms with Gasteiger partial charge in [-0.3, -0.25) is 4.79 Å². The smallest absolute Gasteiger partial charge is 0.136 e. The highest BCUT2D eigenvalue weighted by atomic mass is 79.9. The molecule has 11 heavy (non-hydrogen) atoms. The van der Waals surface area contributed by atoms with Crippen molar-refractivity contribution in [2.24, 2.45) is 5.92 Å². The highest BCUT2D eigenvalue weighted by Crippen LogP contribution is 2.30. The van der Waals surface area contributed by atoms with Crippen molar-refractivity contribution in [3.05, 3.63) is 0 Å². The predicted octanol–water partition coefficient (Wildman–Crippen LogP) is 2.92. The van der Waals surface area contributed by atoms with Gasteiger partial charge in [0.15, 0.2) is 0 Å². The lowest BCUT2D eigenvalue weighted by atomic mass is 9.85. The van der Waals surface area contributed by atoms with E-state index in [0.29, 0.717) is 22.9 Å². The van der Waals surface area contributed by atoms with E-state index in [-0.39, 0.29) is 0 Å². The van der Waals surface area contributed by atoms with E-state index in [1.54, 1.807) is 0 Å². The predicted molar refractivity (Wildman–Crippen MR) is 50.0 cm³/mol. The van der Waals surface area contributed by atoms with Crippen LogP contribution in [0.1, 0.15) is 39.0 Å². The minimum Gasteiger partial charge on any atom is -0.299 e. The highest BCUT2D eigenvalue weighted by Gasteiger charge is 2.27. The molecule has 0 N–H and O–H groups in total. The summed E-state index contributed by atoms with van der Waals surface area (Å²) >= 11 is 3.58. The monoisotopic (exact) mass is 218 g/mol. The van der Waals surface area contributed by atoms with Gasteiger partial charge in [-0.25, -0.2) is 0 Å². The van der Waals surface area contributed by atoms with Gasteiger partial charge in [0, 0.05) is 17.2 Å². The van der Waals surface area contributed by atoms with Crippen molar-refractivity contribution in [2.75, 3.05) is 0 Å². The zero-order chi connectivity index (χ0) is 8.27. The van der Waals surface area contributed by atoms with Gasteiger partial charge in [0.25, 0.3) is 0 Å². The fraction of sp³-hybridized carbons (Fsp3) is 0.889. The average molecular weight is 219 g/mol. The fourth-order valence-electron chi connectivity index (χ4n) is 1.71. The second kappa shape index (κ2) is 4.24. The van der Waals surface area contributed by atoms with Gasteiger partial charge in [0.2, 0.25) is 0 Å². The Morgan fingerprint density at radius 3 is 2.64 bits per heavy atom. The van der Waals surface area contributed by atoms with E-state index in [9.17, 15) is 4.79 Å². The SMILES string of the molecule is CCC(=O)C1CCCCC1Br. The van der Waals surface area contributed by atoms with Crippen molar-refractivity contribution in [1.29, 1.82) is 0 Å². The van der Waals surface area contributed by atoms with Gasteiger partial charge in [0.1, 0.15) is 5.78 Å². The summed E-state index contributed by atoms with van der Waals surface area (Å²) < 4.78 is 0. The molecule has 0 aliphatic heterocycles. The molecule has 1 fully saturated rings. The van der Waals surface area contributed by atoms with Crippen molar-refractivity contribution < 1.29 is 4.79 Å². The number of alkyl halides is 1. The van der Waals surface area contributed by atoms with Gasteiger partial charge in [0.05, 0.1) is 0 Å². The fourth-order valence-corrected chi connectivity index (χ4v) is 2.59. The molecule has 0 aromatic carbocycles. The molecule has 0 saturated heterocycles. The molecule has 1 aliphatic carbocycles. The van der Waals surface area contributed by atoms with Crippen LogP contribution in [0.2, 0.25) is 0 Å². The Labute approximate surface area is 76.7 Å². The second-order valence-electron chi connectivity index (χ2n) is 3.23. The van der Waals surface area contributed by atoms with E-state index in [4.69, 9.17) is 0 Å². The van der Waals surface area contributed by atoms with E-state index in [0.717, 1.165) is 6.42 Å². The van der Waals surface area contributed by atoms with Crippen molar-refractivity contribution in [2.45, 2.75) is 43.9 Å². The van der Waals surface area contributed by atoms with Crippen LogP contribution in [0.25, 0.3) is 0 Å². The van der Waals surface area contributed by atoms with Gasteiger partial charge in [-0.2, -0.15) is 0 Å². The lowest BCUT2D eigenvalue weighted by Crippen LogP contribution is -2.26. The molecular formula is C9H15BrO. The van der Waals surface area contributed by atoms with Crippen LogP contribution in [0.15, 0.2) is 0 Å². The summed E-state index contributed by atoms with van der Waals surface area (Å²) in [4.78, 5) is 11.8. The third-order valence-corrected chi connectivity index (χ3v) is 3.54. The summed E-state index contributed by atoms with van der Waals surface area (Å²) in [6.07, 6.45) is 5.49. The molecule has 1 rings (SSSR count). The molecule has 0 amide bonds. The topological polar surface area (TPSA) is 17.1 Å². The Kier molecular flexibility index (Phi) is 3.57. The van der Waals surface area contributed by atoms with E-state index in [1.165, 1.54) is 19.3 Å². The van der Waals surface area contributed by atoms with E-state index >= 15 is 0 Å². The van der Waals surface area contributed by atoms with Gasteiger partial charge in [-0.05, 0) is 12.8 Å². The molecule has 0 aromatic heterocycles. The van der Waals surface area contributed by atoms with E-state index < -0.39 is 0 Å². The molecule has 2 atom stereocenters. The molecule has 0 aromatic rings. The summed E-state index contributed by atoms with van der Waals surface area (Å²) in [5.41, 5.74) is 0. The van der Waals surface area contributed by atoms with Crippen LogP contribution in [0, 0.1) is 5.92 Å². The maximum absolute atomic E-state index is 11.3. The Balaban J connectivity index is 2.47. The van der Waals surface area contributed by atoms with Crippen LogP contribution in [0.4, 0.5) is 0 Å². The zero-order valence-corrected chi connectivity index (χ0v) is 8.56. The van der Waals surface area contributed by atoms with Crippen LogP contribution in [0.3, 0.4) is 0 Å². The third-order valence-electron chi connectivity index (χ3n) is 2.44. The van der Waals surface area contributed by atoms with Crippen LogP contribution in [-0.2, 0) is 4.79 Å². The zero-order valence-electron chi connectivity index (χ0n) is 6.98. The number of hydrogen-bond donors (Lipinski definition) is 0. The van der Waals surface area contributed by atoms with Crippen molar-refractivity contribution in [1.82, 2.24) is 0 Å². The molecule has 1 saturated carbocycles. The van der Waals surface area contributed by atoms with Gasteiger partial charge in [-0.1, -0.05) is 35.7 Å². The number of carbonyl (C=O) groups excluding carboxylic acids is 1. The van der Waals surface area contributed by atoms with Gasteiger partial charge in [-0.15, -0.1) is 0 Å². The minimum absolute atomic E-state index is 0.314. The summed E-state index contributed by atoms with van der Waals surface area (Å²) in [7, 11) is 0. The molecule has 0 heterocycles. The standard InChI is InChI=1S/C9H15BrO/c1-2-9(11)7-5-3-4-6-8(7)10/h7-8H,2-6H2,1H3. The first-order chi connectivity index (χ1) is 5.25. The van der Waals surface area contributed by atoms with E-state index in [2.05, 4.69) is 15.9 Å². The average Bonchev–Trinajstić information content (AvgIpc) is 2.04. The molecule has 2 unspecified atom stereocenters. The molecule has 0 bridgehead atoms. The Hall–Kier alpha value is 0.150. The third kappa shape index (κ3) is 2.29. The second-order valence-corrected chi connectivity index (χ2v) is 4.40. The molecule has 64 valence electrons. The number of carbonyl (C=O) groups is 1. The van der Waals surface area contributed by atoms with Crippen LogP contribution >= 0.6 is 15.9 Å². The molecule has 1 nitrogen and oxygen atoms in total. The van der Waals surface area contributed by atoms with Crippen LogP contribution < -0.4 is 0 Å². The number of ketones is 1. The Morgan fingerprint density at radius 1 is 1.45 bits per heavy atom. The summed E-state index contributed by atoms with van der Waals surface area (Å²) in [6, 6.07) is 0. The maximum atomic E-state index is 11.3. The quantitative estimate of drug-likeness (QED) is 0.652. The number of Topliss-reactive ketones (excluding diaryl/α,β-unsaturated/α-hetero) is 1. The molecule has 0 radical (unpaired) electrons. The van der Waals surface area contributed by atoms with Crippen molar-refractivity contribution in [3.63, 3.8) is 0 Å². The first-order valence-electron chi connectivity index (χ1n) is 4.42. The van der Waals surface area contributed by atoms with Crippen molar-refractivity contribution >= 4 is 21.7 Å². The summed E-state index contributed by atoms with van der Waals surface area (Å²) in [5, 5.41) is 0. The summed E-state index contributed by atoms with van der Waals surface area (Å²) in [6.45, 7) is 1.96. The van der Waals surface area contributed by atoms with Gasteiger partial charge >= 0.3 is 0 Å². The summed E-state index contributed by atoms with van der Waals surface area (Å²) in [5.74, 6) is 0.750. The molecule has 2 heteroatoms. The number of rotatable bonds is 2. The first-order valence-corrected chi connectivity index (χ1v) is 5.34. The Morgan fingerprint density at radius 2 is 2.09 bits per heavy atom. The molecule has 0 spiro atoms. The normalized spacial score (nSPS) is 31.8. The molecular weight excluding hydrogens is 204 g/mol. The van der Waals surface area contributed by atoms with Crippen molar-refractivity contribution in [3.8, 4) is 0 Å². The van der Waals surface area contributed by atoms with Gasteiger partial charge < -0.3 is 0 Å². The molecule has 1 aliphatic rings. The van der Waals surface area contributed by atoms with E-state index in [1.807, 2.05) is 6.92 Å². The lowest BCUT2D eigenvalue weighted by Gasteiger charge is -2.25. The first kappa shape index (κ1) is 9.24. The number of hydrogen-bond acceptors (Lipinski definition) is 1. The Bertz CT molecular complexity index is 144. The van der Waals surface area contributed by atoms with Crippen LogP contribution in [-0.4, -0.2) is 10.6 Å². The van der Waals surface area contributed by atoms with Crippen LogP contribution in [0.5, 0.6) is 0 Å². The highest BCUT2D eigenvalue weighted by molar-refractivity contribution is 9.09. The lowest BCUT2D eigenvalue weighted by molar-refractivity contribution is -0.123.